The number of hydrogen-bond acceptors (Lipinski definition) is 1. The summed E-state index contributed by atoms with van der Waals surface area (Å²) >= 11 is 0. The first kappa shape index (κ1) is 9.78. The summed E-state index contributed by atoms with van der Waals surface area (Å²) in [5.74, 6) is 1.12. The van der Waals surface area contributed by atoms with Crippen molar-refractivity contribution in [3.63, 3.8) is 0 Å². The highest BCUT2D eigenvalue weighted by atomic mass is 19.1. The normalized spacial score (nSPS) is 9.77. The van der Waals surface area contributed by atoms with Gasteiger partial charge in [-0.05, 0) is 30.7 Å². The summed E-state index contributed by atoms with van der Waals surface area (Å²) in [6, 6.07) is 4.44. The van der Waals surface area contributed by atoms with E-state index in [1.165, 1.54) is 12.1 Å². The molecule has 0 atom stereocenters. The molecule has 0 aliphatic rings. The van der Waals surface area contributed by atoms with E-state index < -0.39 is 0 Å². The lowest BCUT2D eigenvalue weighted by atomic mass is 10.2. The molecular weight excluding hydrogens is 167 g/mol. The van der Waals surface area contributed by atoms with Crippen LogP contribution in [0.4, 0.5) is 4.39 Å². The summed E-state index contributed by atoms with van der Waals surface area (Å²) in [6.07, 6.45) is 0.761. The van der Waals surface area contributed by atoms with E-state index in [0.29, 0.717) is 11.5 Å². The first-order valence-electron chi connectivity index (χ1n) is 4.25. The molecule has 1 nitrogen and oxygen atoms in total. The highest BCUT2D eigenvalue weighted by molar-refractivity contribution is 5.33. The molecule has 0 unspecified atom stereocenters. The quantitative estimate of drug-likeness (QED) is 0.647. The number of rotatable bonds is 3. The molecule has 70 valence electrons. The van der Waals surface area contributed by atoms with Gasteiger partial charge in [0, 0.05) is 6.42 Å². The van der Waals surface area contributed by atoms with Crippen molar-refractivity contribution < 1.29 is 9.13 Å². The fraction of sp³-hybridized carbons (Fsp3) is 0.273. The van der Waals surface area contributed by atoms with E-state index >= 15 is 0 Å². The predicted molar refractivity (Wildman–Crippen MR) is 51.2 cm³/mol. The fourth-order valence-corrected chi connectivity index (χ4v) is 0.955. The Morgan fingerprint density at radius 2 is 2.23 bits per heavy atom. The van der Waals surface area contributed by atoms with Gasteiger partial charge in [0.15, 0.2) is 0 Å². The molecule has 2 heteroatoms. The Morgan fingerprint density at radius 3 is 2.77 bits per heavy atom. The van der Waals surface area contributed by atoms with Crippen LogP contribution in [0, 0.1) is 12.7 Å². The average Bonchev–Trinajstić information content (AvgIpc) is 2.09. The fourth-order valence-electron chi connectivity index (χ4n) is 0.955. The number of allylic oxidation sites excluding steroid dienone is 1. The number of aryl methyl sites for hydroxylation is 1. The number of ether oxygens (including phenoxy) is 1. The van der Waals surface area contributed by atoms with Gasteiger partial charge in [0.25, 0.3) is 0 Å². The molecule has 0 bridgehead atoms. The second-order valence-electron chi connectivity index (χ2n) is 2.90. The molecular formula is C11H13FO. The van der Waals surface area contributed by atoms with Gasteiger partial charge >= 0.3 is 0 Å². The van der Waals surface area contributed by atoms with Crippen LogP contribution in [0.15, 0.2) is 30.5 Å². The lowest BCUT2D eigenvalue weighted by Gasteiger charge is -2.08. The Kier molecular flexibility index (Phi) is 3.07. The van der Waals surface area contributed by atoms with Gasteiger partial charge in [-0.3, -0.25) is 0 Å². The van der Waals surface area contributed by atoms with Gasteiger partial charge in [0.2, 0.25) is 0 Å². The third-order valence-corrected chi connectivity index (χ3v) is 1.79. The maximum atomic E-state index is 12.7. The summed E-state index contributed by atoms with van der Waals surface area (Å²) in [5.41, 5.74) is 0.787. The highest BCUT2D eigenvalue weighted by Crippen LogP contribution is 2.20. The number of hydrogen-bond donors (Lipinski definition) is 0. The molecule has 0 spiro atoms. The van der Waals surface area contributed by atoms with E-state index in [-0.39, 0.29) is 5.82 Å². The number of halogens is 1. The molecule has 0 heterocycles. The van der Waals surface area contributed by atoms with E-state index in [2.05, 4.69) is 6.58 Å². The molecule has 0 aliphatic carbocycles. The summed E-state index contributed by atoms with van der Waals surface area (Å²) in [5, 5.41) is 0. The van der Waals surface area contributed by atoms with Crippen LogP contribution in [0.2, 0.25) is 0 Å². The average molecular weight is 180 g/mol. The first-order valence-corrected chi connectivity index (χ1v) is 4.25. The largest absolute Gasteiger partial charge is 0.462 e. The Balaban J connectivity index is 2.83. The molecule has 0 radical (unpaired) electrons. The lowest BCUT2D eigenvalue weighted by Crippen LogP contribution is -1.94. The van der Waals surface area contributed by atoms with Crippen LogP contribution in [-0.2, 0) is 0 Å². The minimum atomic E-state index is -0.244. The van der Waals surface area contributed by atoms with Gasteiger partial charge in [-0.25, -0.2) is 4.39 Å². The third-order valence-electron chi connectivity index (χ3n) is 1.79. The second-order valence-corrected chi connectivity index (χ2v) is 2.90. The monoisotopic (exact) mass is 180 g/mol. The van der Waals surface area contributed by atoms with Crippen LogP contribution in [-0.4, -0.2) is 0 Å². The minimum Gasteiger partial charge on any atom is -0.462 e. The van der Waals surface area contributed by atoms with Gasteiger partial charge in [-0.2, -0.15) is 0 Å². The lowest BCUT2D eigenvalue weighted by molar-refractivity contribution is 0.408. The predicted octanol–water partition coefficient (Wildman–Crippen LogP) is 3.44. The molecule has 1 rings (SSSR count). The van der Waals surface area contributed by atoms with Crippen molar-refractivity contribution in [1.82, 2.24) is 0 Å². The van der Waals surface area contributed by atoms with Gasteiger partial charge in [0.05, 0.1) is 5.76 Å². The molecule has 0 aromatic heterocycles. The van der Waals surface area contributed by atoms with Crippen molar-refractivity contribution in [3.05, 3.63) is 41.9 Å². The van der Waals surface area contributed by atoms with E-state index in [9.17, 15) is 4.39 Å². The molecule has 0 aliphatic heterocycles. The van der Waals surface area contributed by atoms with Crippen molar-refractivity contribution in [1.29, 1.82) is 0 Å². The molecule has 0 fully saturated rings. The van der Waals surface area contributed by atoms with Gasteiger partial charge in [-0.15, -0.1) is 0 Å². The van der Waals surface area contributed by atoms with E-state index in [1.807, 2.05) is 6.92 Å². The summed E-state index contributed by atoms with van der Waals surface area (Å²) in [6.45, 7) is 7.48. The molecule has 1 aromatic rings. The van der Waals surface area contributed by atoms with Gasteiger partial charge in [-0.1, -0.05) is 13.5 Å². The zero-order valence-corrected chi connectivity index (χ0v) is 7.93. The van der Waals surface area contributed by atoms with Gasteiger partial charge in [0.1, 0.15) is 11.6 Å². The summed E-state index contributed by atoms with van der Waals surface area (Å²) in [4.78, 5) is 0. The smallest absolute Gasteiger partial charge is 0.130 e. The zero-order chi connectivity index (χ0) is 9.84. The van der Waals surface area contributed by atoms with E-state index in [1.54, 1.807) is 13.0 Å². The zero-order valence-electron chi connectivity index (χ0n) is 7.93. The van der Waals surface area contributed by atoms with Crippen molar-refractivity contribution >= 4 is 0 Å². The first-order chi connectivity index (χ1) is 6.13. The van der Waals surface area contributed by atoms with Crippen LogP contribution in [0.5, 0.6) is 5.75 Å². The Labute approximate surface area is 77.8 Å². The summed E-state index contributed by atoms with van der Waals surface area (Å²) < 4.78 is 18.1. The van der Waals surface area contributed by atoms with Gasteiger partial charge < -0.3 is 4.74 Å². The SMILES string of the molecule is C=C(CC)Oc1ccc(F)cc1C. The van der Waals surface area contributed by atoms with Crippen LogP contribution in [0.1, 0.15) is 18.9 Å². The van der Waals surface area contributed by atoms with Crippen LogP contribution < -0.4 is 4.74 Å². The van der Waals surface area contributed by atoms with Crippen molar-refractivity contribution in [2.24, 2.45) is 0 Å². The molecule has 1 aromatic carbocycles. The summed E-state index contributed by atoms with van der Waals surface area (Å²) in [7, 11) is 0. The Bertz CT molecular complexity index is 318. The van der Waals surface area contributed by atoms with Crippen molar-refractivity contribution in [2.75, 3.05) is 0 Å². The molecule has 0 N–H and O–H groups in total. The topological polar surface area (TPSA) is 9.23 Å². The molecule has 13 heavy (non-hydrogen) atoms. The standard InChI is InChI=1S/C11H13FO/c1-4-9(3)13-11-6-5-10(12)7-8(11)2/h5-7H,3-4H2,1-2H3. The van der Waals surface area contributed by atoms with Crippen molar-refractivity contribution in [3.8, 4) is 5.75 Å². The Morgan fingerprint density at radius 1 is 1.54 bits per heavy atom. The van der Waals surface area contributed by atoms with Crippen LogP contribution in [0.3, 0.4) is 0 Å². The maximum absolute atomic E-state index is 12.7. The van der Waals surface area contributed by atoms with E-state index in [4.69, 9.17) is 4.74 Å². The van der Waals surface area contributed by atoms with Crippen molar-refractivity contribution in [2.45, 2.75) is 20.3 Å². The highest BCUT2D eigenvalue weighted by Gasteiger charge is 2.01. The second kappa shape index (κ2) is 4.08. The van der Waals surface area contributed by atoms with E-state index in [0.717, 1.165) is 12.0 Å². The Hall–Kier alpha value is -1.31. The van der Waals surface area contributed by atoms with Crippen LogP contribution >= 0.6 is 0 Å². The minimum absolute atomic E-state index is 0.244. The molecule has 0 amide bonds. The molecule has 0 saturated carbocycles. The third kappa shape index (κ3) is 2.58. The number of benzene rings is 1. The van der Waals surface area contributed by atoms with Crippen LogP contribution in [0.25, 0.3) is 0 Å². The maximum Gasteiger partial charge on any atom is 0.130 e. The molecule has 0 saturated heterocycles.